The minimum atomic E-state index is -1.01. The second-order valence-electron chi connectivity index (χ2n) is 6.37. The van der Waals surface area contributed by atoms with Crippen LogP contribution in [0.15, 0.2) is 54.5 Å². The van der Waals surface area contributed by atoms with Crippen LogP contribution in [0.3, 0.4) is 0 Å². The Morgan fingerprint density at radius 2 is 1.62 bits per heavy atom. The van der Waals surface area contributed by atoms with E-state index in [4.69, 9.17) is 9.31 Å². The van der Waals surface area contributed by atoms with Gasteiger partial charge in [-0.2, -0.15) is 0 Å². The van der Waals surface area contributed by atoms with Crippen molar-refractivity contribution < 1.29 is 18.9 Å². The summed E-state index contributed by atoms with van der Waals surface area (Å²) in [6.45, 7) is 2.17. The van der Waals surface area contributed by atoms with E-state index in [0.717, 1.165) is 16.7 Å². The maximum atomic E-state index is 11.8. The summed E-state index contributed by atoms with van der Waals surface area (Å²) >= 11 is 0. The fourth-order valence-corrected chi connectivity index (χ4v) is 2.69. The first-order valence-electron chi connectivity index (χ1n) is 8.42. The van der Waals surface area contributed by atoms with Crippen LogP contribution in [-0.4, -0.2) is 44.1 Å². The first-order valence-corrected chi connectivity index (χ1v) is 8.42. The summed E-state index contributed by atoms with van der Waals surface area (Å²) in [7, 11) is 0.654. The summed E-state index contributed by atoms with van der Waals surface area (Å²) in [6, 6.07) is 16.3. The van der Waals surface area contributed by atoms with E-state index in [1.807, 2.05) is 24.3 Å². The molecule has 2 aromatic rings. The lowest BCUT2D eigenvalue weighted by Gasteiger charge is -2.21. The molecule has 6 heteroatoms. The molecule has 1 fully saturated rings. The molecule has 26 heavy (non-hydrogen) atoms. The first-order chi connectivity index (χ1) is 12.5. The third-order valence-corrected chi connectivity index (χ3v) is 4.01. The zero-order valence-electron chi connectivity index (χ0n) is 14.8. The highest BCUT2D eigenvalue weighted by Gasteiger charge is 2.29. The van der Waals surface area contributed by atoms with E-state index in [2.05, 4.69) is 31.2 Å². The van der Waals surface area contributed by atoms with Crippen molar-refractivity contribution in [1.29, 1.82) is 0 Å². The molecule has 1 aliphatic rings. The van der Waals surface area contributed by atoms with Gasteiger partial charge in [0, 0.05) is 0 Å². The standard InChI is InChI=1S/C20H20BNO4/c1-15-6-8-17(9-7-15)18-5-3-4-16(12-18)10-11-21-25-19(23)13-22(2)14-20(24)26-21/h3-12H,13-14H2,1-2H3/b11-10+. The van der Waals surface area contributed by atoms with Gasteiger partial charge in [0.2, 0.25) is 0 Å². The number of hydrogen-bond acceptors (Lipinski definition) is 5. The first kappa shape index (κ1) is 18.0. The summed E-state index contributed by atoms with van der Waals surface area (Å²) in [6.07, 6.45) is 1.79. The van der Waals surface area contributed by atoms with Crippen molar-refractivity contribution >= 4 is 25.1 Å². The highest BCUT2D eigenvalue weighted by Crippen LogP contribution is 2.21. The number of rotatable bonds is 3. The summed E-state index contributed by atoms with van der Waals surface area (Å²) in [5.41, 5.74) is 4.34. The minimum absolute atomic E-state index is 0.0579. The Balaban J connectivity index is 1.75. The van der Waals surface area contributed by atoms with Crippen molar-refractivity contribution in [2.24, 2.45) is 0 Å². The Kier molecular flexibility index (Phi) is 5.53. The third kappa shape index (κ3) is 4.83. The van der Waals surface area contributed by atoms with Crippen LogP contribution in [-0.2, 0) is 18.9 Å². The average Bonchev–Trinajstić information content (AvgIpc) is 2.59. The predicted octanol–water partition coefficient (Wildman–Crippen LogP) is 2.73. The van der Waals surface area contributed by atoms with E-state index >= 15 is 0 Å². The van der Waals surface area contributed by atoms with Gasteiger partial charge >= 0.3 is 19.1 Å². The molecule has 1 heterocycles. The van der Waals surface area contributed by atoms with Gasteiger partial charge in [-0.25, -0.2) is 0 Å². The predicted molar refractivity (Wildman–Crippen MR) is 101 cm³/mol. The number of aryl methyl sites for hydroxylation is 1. The van der Waals surface area contributed by atoms with Gasteiger partial charge in [0.25, 0.3) is 0 Å². The van der Waals surface area contributed by atoms with E-state index in [-0.39, 0.29) is 13.1 Å². The van der Waals surface area contributed by atoms with E-state index in [9.17, 15) is 9.59 Å². The van der Waals surface area contributed by atoms with Crippen molar-refractivity contribution in [3.05, 3.63) is 65.6 Å². The monoisotopic (exact) mass is 349 g/mol. The molecule has 1 aliphatic heterocycles. The van der Waals surface area contributed by atoms with Crippen molar-refractivity contribution in [3.8, 4) is 11.1 Å². The topological polar surface area (TPSA) is 55.8 Å². The number of hydrogen-bond donors (Lipinski definition) is 0. The van der Waals surface area contributed by atoms with E-state index in [1.54, 1.807) is 24.0 Å². The van der Waals surface area contributed by atoms with Gasteiger partial charge in [-0.3, -0.25) is 14.5 Å². The van der Waals surface area contributed by atoms with Gasteiger partial charge in [0.05, 0.1) is 13.1 Å². The maximum Gasteiger partial charge on any atom is 0.628 e. The van der Waals surface area contributed by atoms with Gasteiger partial charge in [0.15, 0.2) is 0 Å². The number of likely N-dealkylation sites (N-methyl/N-ethyl adjacent to an activating group) is 1. The highest BCUT2D eigenvalue weighted by molar-refractivity contribution is 6.55. The largest absolute Gasteiger partial charge is 0.628 e. The lowest BCUT2D eigenvalue weighted by atomic mass is 9.88. The summed E-state index contributed by atoms with van der Waals surface area (Å²) < 4.78 is 10.3. The zero-order chi connectivity index (χ0) is 18.5. The van der Waals surface area contributed by atoms with Crippen LogP contribution in [0.1, 0.15) is 11.1 Å². The minimum Gasteiger partial charge on any atom is -0.495 e. The average molecular weight is 349 g/mol. The van der Waals surface area contributed by atoms with Gasteiger partial charge in [-0.05, 0) is 42.7 Å². The molecule has 5 nitrogen and oxygen atoms in total. The SMILES string of the molecule is Cc1ccc(-c2cccc(/C=C/B3OC(=O)CN(C)CC(=O)O3)c2)cc1. The highest BCUT2D eigenvalue weighted by atomic mass is 16.6. The molecule has 2 aromatic carbocycles. The molecule has 0 spiro atoms. The third-order valence-electron chi connectivity index (χ3n) is 4.01. The van der Waals surface area contributed by atoms with Gasteiger partial charge in [0.1, 0.15) is 0 Å². The fourth-order valence-electron chi connectivity index (χ4n) is 2.69. The van der Waals surface area contributed by atoms with E-state index < -0.39 is 19.1 Å². The fraction of sp³-hybridized carbons (Fsp3) is 0.200. The van der Waals surface area contributed by atoms with Crippen molar-refractivity contribution in [1.82, 2.24) is 4.90 Å². The molecule has 0 radical (unpaired) electrons. The van der Waals surface area contributed by atoms with Crippen molar-refractivity contribution in [3.63, 3.8) is 0 Å². The lowest BCUT2D eigenvalue weighted by molar-refractivity contribution is -0.145. The molecular formula is C20H20BNO4. The molecule has 0 amide bonds. The quantitative estimate of drug-likeness (QED) is 0.798. The number of carbonyl (C=O) groups excluding carboxylic acids is 2. The smallest absolute Gasteiger partial charge is 0.495 e. The van der Waals surface area contributed by atoms with Crippen LogP contribution in [0.4, 0.5) is 0 Å². The Labute approximate surface area is 153 Å². The lowest BCUT2D eigenvalue weighted by Crippen LogP contribution is -2.41. The molecule has 0 N–H and O–H groups in total. The molecular weight excluding hydrogens is 329 g/mol. The van der Waals surface area contributed by atoms with E-state index in [0.29, 0.717) is 0 Å². The van der Waals surface area contributed by atoms with Gasteiger partial charge < -0.3 is 9.31 Å². The maximum absolute atomic E-state index is 11.8. The van der Waals surface area contributed by atoms with Crippen LogP contribution >= 0.6 is 0 Å². The van der Waals surface area contributed by atoms with Gasteiger partial charge in [-0.1, -0.05) is 54.1 Å². The van der Waals surface area contributed by atoms with Crippen LogP contribution < -0.4 is 0 Å². The molecule has 132 valence electrons. The Morgan fingerprint density at radius 3 is 2.27 bits per heavy atom. The van der Waals surface area contributed by atoms with Crippen LogP contribution in [0.25, 0.3) is 17.2 Å². The Hall–Kier alpha value is -2.86. The van der Waals surface area contributed by atoms with Crippen LogP contribution in [0, 0.1) is 6.92 Å². The molecule has 0 aromatic heterocycles. The molecule has 0 atom stereocenters. The normalized spacial score (nSPS) is 16.2. The molecule has 0 saturated carbocycles. The molecule has 0 unspecified atom stereocenters. The molecule has 1 saturated heterocycles. The van der Waals surface area contributed by atoms with Gasteiger partial charge in [-0.15, -0.1) is 0 Å². The van der Waals surface area contributed by atoms with Crippen molar-refractivity contribution in [2.75, 3.05) is 20.1 Å². The van der Waals surface area contributed by atoms with E-state index in [1.165, 1.54) is 5.56 Å². The van der Waals surface area contributed by atoms with Crippen molar-refractivity contribution in [2.45, 2.75) is 6.92 Å². The summed E-state index contributed by atoms with van der Waals surface area (Å²) in [4.78, 5) is 25.1. The number of carbonyl (C=O) groups is 2. The van der Waals surface area contributed by atoms with Crippen LogP contribution in [0.2, 0.25) is 0 Å². The second kappa shape index (κ2) is 8.02. The zero-order valence-corrected chi connectivity index (χ0v) is 14.8. The van der Waals surface area contributed by atoms with Crippen LogP contribution in [0.5, 0.6) is 0 Å². The molecule has 3 rings (SSSR count). The Morgan fingerprint density at radius 1 is 0.962 bits per heavy atom. The summed E-state index contributed by atoms with van der Waals surface area (Å²) in [5, 5.41) is 0. The Bertz CT molecular complexity index is 812. The number of benzene rings is 2. The number of nitrogens with zero attached hydrogens (tertiary/aromatic N) is 1. The molecule has 0 aliphatic carbocycles. The molecule has 0 bridgehead atoms. The summed E-state index contributed by atoms with van der Waals surface area (Å²) in [5.74, 6) is 0.723. The second-order valence-corrected chi connectivity index (χ2v) is 6.37.